The van der Waals surface area contributed by atoms with Gasteiger partial charge in [0, 0.05) is 25.1 Å². The van der Waals surface area contributed by atoms with Crippen LogP contribution < -0.4 is 9.64 Å². The van der Waals surface area contributed by atoms with Crippen LogP contribution in [0.25, 0.3) is 10.8 Å². The SMILES string of the molecule is CCOc1ccc(C2CC(=O)N(C)c3ccc4ccccc4c32)cc1. The molecular weight excluding hydrogens is 310 g/mol. The summed E-state index contributed by atoms with van der Waals surface area (Å²) in [6.07, 6.45) is 0.492. The molecule has 0 saturated carbocycles. The minimum Gasteiger partial charge on any atom is -0.494 e. The van der Waals surface area contributed by atoms with Crippen molar-refractivity contribution in [2.75, 3.05) is 18.6 Å². The molecule has 1 unspecified atom stereocenters. The van der Waals surface area contributed by atoms with Crippen molar-refractivity contribution in [3.05, 3.63) is 71.8 Å². The monoisotopic (exact) mass is 331 g/mol. The lowest BCUT2D eigenvalue weighted by Gasteiger charge is -2.33. The zero-order valence-electron chi connectivity index (χ0n) is 14.5. The summed E-state index contributed by atoms with van der Waals surface area (Å²) in [7, 11) is 1.87. The summed E-state index contributed by atoms with van der Waals surface area (Å²) in [5.74, 6) is 1.09. The van der Waals surface area contributed by atoms with E-state index >= 15 is 0 Å². The molecule has 4 rings (SSSR count). The van der Waals surface area contributed by atoms with Gasteiger partial charge in [-0.1, -0.05) is 42.5 Å². The first-order valence-corrected chi connectivity index (χ1v) is 8.70. The van der Waals surface area contributed by atoms with E-state index < -0.39 is 0 Å². The maximum absolute atomic E-state index is 12.5. The average Bonchev–Trinajstić information content (AvgIpc) is 2.65. The van der Waals surface area contributed by atoms with Gasteiger partial charge in [-0.05, 0) is 47.0 Å². The fraction of sp³-hybridized carbons (Fsp3) is 0.227. The normalized spacial score (nSPS) is 16.8. The zero-order chi connectivity index (χ0) is 17.4. The van der Waals surface area contributed by atoms with E-state index in [-0.39, 0.29) is 11.8 Å². The number of benzene rings is 3. The van der Waals surface area contributed by atoms with Gasteiger partial charge >= 0.3 is 0 Å². The number of nitrogens with zero attached hydrogens (tertiary/aromatic N) is 1. The van der Waals surface area contributed by atoms with E-state index in [9.17, 15) is 4.79 Å². The van der Waals surface area contributed by atoms with Gasteiger partial charge in [-0.25, -0.2) is 0 Å². The summed E-state index contributed by atoms with van der Waals surface area (Å²) in [4.78, 5) is 14.3. The molecule has 0 aromatic heterocycles. The second kappa shape index (κ2) is 6.25. The molecule has 0 N–H and O–H groups in total. The van der Waals surface area contributed by atoms with Crippen LogP contribution >= 0.6 is 0 Å². The topological polar surface area (TPSA) is 29.5 Å². The lowest BCUT2D eigenvalue weighted by Crippen LogP contribution is -2.33. The second-order valence-electron chi connectivity index (χ2n) is 6.43. The molecule has 3 aromatic rings. The summed E-state index contributed by atoms with van der Waals surface area (Å²) in [5.41, 5.74) is 3.40. The maximum Gasteiger partial charge on any atom is 0.227 e. The van der Waals surface area contributed by atoms with Gasteiger partial charge in [0.2, 0.25) is 5.91 Å². The number of hydrogen-bond donors (Lipinski definition) is 0. The third-order valence-electron chi connectivity index (χ3n) is 5.00. The van der Waals surface area contributed by atoms with Crippen LogP contribution in [-0.4, -0.2) is 19.6 Å². The molecule has 0 spiro atoms. The summed E-state index contributed by atoms with van der Waals surface area (Å²) in [5, 5.41) is 2.43. The minimum absolute atomic E-state index is 0.0699. The van der Waals surface area contributed by atoms with Crippen molar-refractivity contribution in [1.82, 2.24) is 0 Å². The smallest absolute Gasteiger partial charge is 0.227 e. The fourth-order valence-electron chi connectivity index (χ4n) is 3.74. The van der Waals surface area contributed by atoms with E-state index in [0.29, 0.717) is 13.0 Å². The lowest BCUT2D eigenvalue weighted by molar-refractivity contribution is -0.118. The summed E-state index contributed by atoms with van der Waals surface area (Å²) in [6.45, 7) is 2.63. The molecule has 3 aromatic carbocycles. The predicted molar refractivity (Wildman–Crippen MR) is 101 cm³/mol. The number of anilines is 1. The molecule has 1 atom stereocenters. The highest BCUT2D eigenvalue weighted by atomic mass is 16.5. The Kier molecular flexibility index (Phi) is 3.92. The van der Waals surface area contributed by atoms with E-state index in [2.05, 4.69) is 48.5 Å². The van der Waals surface area contributed by atoms with Gasteiger partial charge in [-0.3, -0.25) is 4.79 Å². The molecular formula is C22H21NO2. The number of ether oxygens (including phenoxy) is 1. The van der Waals surface area contributed by atoms with Gasteiger partial charge in [0.05, 0.1) is 6.61 Å². The molecule has 126 valence electrons. The van der Waals surface area contributed by atoms with Crippen molar-refractivity contribution in [2.45, 2.75) is 19.3 Å². The number of carbonyl (C=O) groups is 1. The Labute approximate surface area is 147 Å². The van der Waals surface area contributed by atoms with Crippen LogP contribution in [0.15, 0.2) is 60.7 Å². The van der Waals surface area contributed by atoms with E-state index in [1.165, 1.54) is 16.3 Å². The molecule has 0 radical (unpaired) electrons. The third kappa shape index (κ3) is 2.66. The van der Waals surface area contributed by atoms with Crippen molar-refractivity contribution in [2.24, 2.45) is 0 Å². The van der Waals surface area contributed by atoms with Gasteiger partial charge in [-0.15, -0.1) is 0 Å². The van der Waals surface area contributed by atoms with E-state index in [4.69, 9.17) is 4.74 Å². The minimum atomic E-state index is 0.0699. The molecule has 0 bridgehead atoms. The molecule has 1 amide bonds. The summed E-state index contributed by atoms with van der Waals surface area (Å²) >= 11 is 0. The van der Waals surface area contributed by atoms with E-state index in [1.54, 1.807) is 4.90 Å². The Morgan fingerprint density at radius 2 is 1.80 bits per heavy atom. The van der Waals surface area contributed by atoms with Crippen LogP contribution in [-0.2, 0) is 4.79 Å². The Hall–Kier alpha value is -2.81. The Morgan fingerprint density at radius 3 is 2.56 bits per heavy atom. The van der Waals surface area contributed by atoms with E-state index in [1.807, 2.05) is 26.1 Å². The number of carbonyl (C=O) groups excluding carboxylic acids is 1. The quantitative estimate of drug-likeness (QED) is 0.694. The van der Waals surface area contributed by atoms with Crippen molar-refractivity contribution in [3.8, 4) is 5.75 Å². The molecule has 1 heterocycles. The first-order valence-electron chi connectivity index (χ1n) is 8.70. The van der Waals surface area contributed by atoms with Crippen LogP contribution in [0, 0.1) is 0 Å². The average molecular weight is 331 g/mol. The number of fused-ring (bicyclic) bond motifs is 3. The highest BCUT2D eigenvalue weighted by Crippen LogP contribution is 2.43. The van der Waals surface area contributed by atoms with Gasteiger partial charge in [0.25, 0.3) is 0 Å². The van der Waals surface area contributed by atoms with Gasteiger partial charge in [0.15, 0.2) is 0 Å². The molecule has 0 aliphatic carbocycles. The van der Waals surface area contributed by atoms with E-state index in [0.717, 1.165) is 17.0 Å². The molecule has 3 heteroatoms. The highest BCUT2D eigenvalue weighted by molar-refractivity contribution is 6.02. The zero-order valence-corrected chi connectivity index (χ0v) is 14.5. The fourth-order valence-corrected chi connectivity index (χ4v) is 3.74. The molecule has 0 fully saturated rings. The first kappa shape index (κ1) is 15.7. The van der Waals surface area contributed by atoms with Crippen LogP contribution in [0.1, 0.15) is 30.4 Å². The second-order valence-corrected chi connectivity index (χ2v) is 6.43. The molecule has 1 aliphatic heterocycles. The molecule has 0 saturated heterocycles. The molecule has 3 nitrogen and oxygen atoms in total. The lowest BCUT2D eigenvalue weighted by atomic mass is 9.81. The van der Waals surface area contributed by atoms with Crippen molar-refractivity contribution in [1.29, 1.82) is 0 Å². The largest absolute Gasteiger partial charge is 0.494 e. The summed E-state index contributed by atoms with van der Waals surface area (Å²) in [6, 6.07) is 20.7. The number of amides is 1. The highest BCUT2D eigenvalue weighted by Gasteiger charge is 2.31. The standard InChI is InChI=1S/C22H21NO2/c1-3-25-17-11-8-16(9-12-17)19-14-21(24)23(2)20-13-10-15-6-4-5-7-18(15)22(19)20/h4-13,19H,3,14H2,1-2H3. The summed E-state index contributed by atoms with van der Waals surface area (Å²) < 4.78 is 5.55. The first-order chi connectivity index (χ1) is 12.2. The van der Waals surface area contributed by atoms with Gasteiger partial charge in [-0.2, -0.15) is 0 Å². The number of hydrogen-bond acceptors (Lipinski definition) is 2. The van der Waals surface area contributed by atoms with Crippen LogP contribution in [0.5, 0.6) is 5.75 Å². The Balaban J connectivity index is 1.88. The third-order valence-corrected chi connectivity index (χ3v) is 5.00. The molecule has 1 aliphatic rings. The number of rotatable bonds is 3. The Morgan fingerprint density at radius 1 is 1.04 bits per heavy atom. The van der Waals surface area contributed by atoms with Crippen molar-refractivity contribution in [3.63, 3.8) is 0 Å². The maximum atomic E-state index is 12.5. The van der Waals surface area contributed by atoms with Gasteiger partial charge < -0.3 is 9.64 Å². The van der Waals surface area contributed by atoms with Crippen molar-refractivity contribution < 1.29 is 9.53 Å². The van der Waals surface area contributed by atoms with Gasteiger partial charge in [0.1, 0.15) is 5.75 Å². The Bertz CT molecular complexity index is 930. The van der Waals surface area contributed by atoms with Crippen LogP contribution in [0.4, 0.5) is 5.69 Å². The van der Waals surface area contributed by atoms with Crippen molar-refractivity contribution >= 4 is 22.4 Å². The van der Waals surface area contributed by atoms with Crippen LogP contribution in [0.3, 0.4) is 0 Å². The van der Waals surface area contributed by atoms with Crippen LogP contribution in [0.2, 0.25) is 0 Å². The molecule has 25 heavy (non-hydrogen) atoms. The predicted octanol–water partition coefficient (Wildman–Crippen LogP) is 4.74.